The number of hydrogen-bond acceptors (Lipinski definition) is 6. The van der Waals surface area contributed by atoms with Crippen LogP contribution in [0.4, 0.5) is 29.2 Å². The van der Waals surface area contributed by atoms with Crippen LogP contribution in [-0.4, -0.2) is 64.1 Å². The number of rotatable bonds is 7. The maximum Gasteiger partial charge on any atom is 0.419 e. The van der Waals surface area contributed by atoms with E-state index in [0.29, 0.717) is 37.6 Å². The van der Waals surface area contributed by atoms with Gasteiger partial charge in [-0.2, -0.15) is 13.2 Å². The first-order chi connectivity index (χ1) is 18.6. The van der Waals surface area contributed by atoms with E-state index in [9.17, 15) is 22.4 Å². The van der Waals surface area contributed by atoms with Gasteiger partial charge in [0.1, 0.15) is 29.6 Å². The molecule has 0 bridgehead atoms. The van der Waals surface area contributed by atoms with Crippen LogP contribution in [0.15, 0.2) is 30.7 Å². The van der Waals surface area contributed by atoms with E-state index in [1.807, 2.05) is 30.5 Å². The highest BCUT2D eigenvalue weighted by Crippen LogP contribution is 2.41. The molecule has 1 unspecified atom stereocenters. The summed E-state index contributed by atoms with van der Waals surface area (Å²) in [4.78, 5) is 30.2. The van der Waals surface area contributed by atoms with Crippen LogP contribution in [0.1, 0.15) is 55.0 Å². The van der Waals surface area contributed by atoms with E-state index in [0.717, 1.165) is 48.7 Å². The second-order valence-electron chi connectivity index (χ2n) is 10.3. The van der Waals surface area contributed by atoms with Gasteiger partial charge in [-0.15, -0.1) is 0 Å². The number of piperidine rings is 1. The fourth-order valence-corrected chi connectivity index (χ4v) is 5.42. The summed E-state index contributed by atoms with van der Waals surface area (Å²) in [6.07, 6.45) is 0.609. The van der Waals surface area contributed by atoms with Crippen molar-refractivity contribution in [3.63, 3.8) is 0 Å². The molecule has 0 radical (unpaired) electrons. The quantitative estimate of drug-likeness (QED) is 0.426. The largest absolute Gasteiger partial charge is 0.419 e. The van der Waals surface area contributed by atoms with E-state index in [-0.39, 0.29) is 23.3 Å². The highest BCUT2D eigenvalue weighted by molar-refractivity contribution is 6.03. The minimum Gasteiger partial charge on any atom is -0.356 e. The molecule has 208 valence electrons. The van der Waals surface area contributed by atoms with Gasteiger partial charge < -0.3 is 19.7 Å². The fraction of sp³-hybridized carbons (Fsp3) is 0.481. The molecule has 1 amide bonds. The first-order valence-electron chi connectivity index (χ1n) is 13.1. The molecule has 2 aliphatic rings. The summed E-state index contributed by atoms with van der Waals surface area (Å²) in [5.74, 6) is 0.584. The molecule has 4 heterocycles. The van der Waals surface area contributed by atoms with E-state index >= 15 is 0 Å². The molecular formula is C27H31F4N7O. The lowest BCUT2D eigenvalue weighted by molar-refractivity contribution is -0.140. The molecular weight excluding hydrogens is 514 g/mol. The number of amides is 1. The average Bonchev–Trinajstić information content (AvgIpc) is 3.47. The highest BCUT2D eigenvalue weighted by atomic mass is 19.4. The van der Waals surface area contributed by atoms with Gasteiger partial charge in [-0.05, 0) is 51.6 Å². The smallest absolute Gasteiger partial charge is 0.356 e. The van der Waals surface area contributed by atoms with Gasteiger partial charge in [0.05, 0.1) is 17.2 Å². The van der Waals surface area contributed by atoms with Gasteiger partial charge >= 0.3 is 6.18 Å². The summed E-state index contributed by atoms with van der Waals surface area (Å²) in [7, 11) is 3.91. The van der Waals surface area contributed by atoms with Crippen molar-refractivity contribution in [1.82, 2.24) is 24.4 Å². The Balaban J connectivity index is 1.41. The number of alkyl halides is 3. The molecule has 12 heteroatoms. The number of fused-ring (bicyclic) bond motifs is 1. The minimum absolute atomic E-state index is 0.0611. The molecule has 2 aliphatic heterocycles. The molecule has 1 saturated heterocycles. The number of nitrogens with zero attached hydrogens (tertiary/aromatic N) is 6. The molecule has 0 aliphatic carbocycles. The second kappa shape index (κ2) is 10.6. The normalized spacial score (nSPS) is 18.1. The van der Waals surface area contributed by atoms with Crippen LogP contribution in [0.3, 0.4) is 0 Å². The summed E-state index contributed by atoms with van der Waals surface area (Å²) < 4.78 is 56.0. The zero-order valence-electron chi connectivity index (χ0n) is 22.1. The third-order valence-electron chi connectivity index (χ3n) is 7.50. The van der Waals surface area contributed by atoms with Gasteiger partial charge in [0.15, 0.2) is 0 Å². The zero-order valence-corrected chi connectivity index (χ0v) is 22.1. The number of hydrogen-bond donors (Lipinski definition) is 1. The second-order valence-corrected chi connectivity index (χ2v) is 10.3. The number of likely N-dealkylation sites (N-methyl/N-ethyl adjacent to an activating group) is 1. The summed E-state index contributed by atoms with van der Waals surface area (Å²) in [6.45, 7) is 4.68. The van der Waals surface area contributed by atoms with Crippen LogP contribution < -0.4 is 10.2 Å². The van der Waals surface area contributed by atoms with Gasteiger partial charge in [-0.3, -0.25) is 4.79 Å². The number of halogens is 4. The van der Waals surface area contributed by atoms with Gasteiger partial charge in [0.25, 0.3) is 0 Å². The lowest BCUT2D eigenvalue weighted by Crippen LogP contribution is -2.35. The van der Waals surface area contributed by atoms with Crippen LogP contribution in [0.2, 0.25) is 0 Å². The van der Waals surface area contributed by atoms with Crippen LogP contribution >= 0.6 is 0 Å². The maximum absolute atomic E-state index is 13.9. The zero-order chi connectivity index (χ0) is 27.9. The highest BCUT2D eigenvalue weighted by Gasteiger charge is 2.37. The van der Waals surface area contributed by atoms with Crippen LogP contribution in [-0.2, 0) is 17.5 Å². The minimum atomic E-state index is -4.79. The van der Waals surface area contributed by atoms with Crippen molar-refractivity contribution in [2.45, 2.75) is 50.7 Å². The molecule has 1 fully saturated rings. The van der Waals surface area contributed by atoms with E-state index in [2.05, 4.69) is 20.2 Å². The monoisotopic (exact) mass is 545 g/mol. The van der Waals surface area contributed by atoms with E-state index < -0.39 is 17.6 Å². The van der Waals surface area contributed by atoms with E-state index in [4.69, 9.17) is 4.98 Å². The molecule has 8 nitrogen and oxygen atoms in total. The lowest BCUT2D eigenvalue weighted by Gasteiger charge is -2.34. The topological polar surface area (TPSA) is 79.2 Å². The van der Waals surface area contributed by atoms with Crippen molar-refractivity contribution in [3.05, 3.63) is 53.5 Å². The van der Waals surface area contributed by atoms with Gasteiger partial charge in [-0.1, -0.05) is 6.92 Å². The molecule has 0 saturated carbocycles. The van der Waals surface area contributed by atoms with Crippen LogP contribution in [0, 0.1) is 5.82 Å². The Morgan fingerprint density at radius 1 is 1.15 bits per heavy atom. The van der Waals surface area contributed by atoms with Crippen LogP contribution in [0.5, 0.6) is 0 Å². The Morgan fingerprint density at radius 3 is 2.56 bits per heavy atom. The molecule has 1 N–H and O–H groups in total. The number of aromatic nitrogens is 4. The number of imidazole rings is 1. The van der Waals surface area contributed by atoms with Crippen molar-refractivity contribution >= 4 is 17.5 Å². The summed E-state index contributed by atoms with van der Waals surface area (Å²) >= 11 is 0. The Kier molecular flexibility index (Phi) is 7.32. The first kappa shape index (κ1) is 27.0. The van der Waals surface area contributed by atoms with Crippen molar-refractivity contribution in [2.75, 3.05) is 43.9 Å². The Bertz CT molecular complexity index is 1360. The summed E-state index contributed by atoms with van der Waals surface area (Å²) in [6, 6.07) is 3.01. The van der Waals surface area contributed by atoms with Crippen molar-refractivity contribution in [1.29, 1.82) is 0 Å². The lowest BCUT2D eigenvalue weighted by atomic mass is 9.94. The molecule has 5 rings (SSSR count). The predicted octanol–water partition coefficient (Wildman–Crippen LogP) is 4.89. The number of nitrogens with one attached hydrogen (secondary N) is 1. The first-order valence-corrected chi connectivity index (χ1v) is 13.1. The summed E-state index contributed by atoms with van der Waals surface area (Å²) in [5.41, 5.74) is 0.162. The molecule has 39 heavy (non-hydrogen) atoms. The third kappa shape index (κ3) is 5.34. The van der Waals surface area contributed by atoms with Gasteiger partial charge in [0, 0.05) is 49.4 Å². The van der Waals surface area contributed by atoms with Crippen molar-refractivity contribution in [2.24, 2.45) is 0 Å². The number of carbonyl (C=O) groups is 1. The SMILES string of the molecule is CCC1C(=O)Nc2ncnc(N3CCC(c4nc(-c5ccc(F)c(C(F)(F)F)c5)cn4CCN(C)C)CC3)c21. The average molecular weight is 546 g/mol. The van der Waals surface area contributed by atoms with Gasteiger partial charge in [0.2, 0.25) is 5.91 Å². The molecule has 1 atom stereocenters. The predicted molar refractivity (Wildman–Crippen MR) is 139 cm³/mol. The fourth-order valence-electron chi connectivity index (χ4n) is 5.42. The molecule has 1 aromatic carbocycles. The van der Waals surface area contributed by atoms with E-state index in [1.54, 1.807) is 6.20 Å². The number of benzene rings is 1. The Hall–Kier alpha value is -3.54. The summed E-state index contributed by atoms with van der Waals surface area (Å²) in [5, 5.41) is 2.85. The Labute approximate surface area is 224 Å². The molecule has 0 spiro atoms. The van der Waals surface area contributed by atoms with Crippen LogP contribution in [0.25, 0.3) is 11.3 Å². The molecule has 3 aromatic rings. The third-order valence-corrected chi connectivity index (χ3v) is 7.50. The standard InChI is InChI=1S/C27H31F4N7O/c1-4-18-22-23(35-26(18)39)32-15-33-25(22)37-9-7-16(8-10-37)24-34-21(14-38(24)12-11-36(2)3)17-5-6-20(28)19(13-17)27(29,30)31/h5-6,13-16,18H,4,7-12H2,1-3H3,(H,32,33,35,39). The number of anilines is 2. The number of carbonyl (C=O) groups excluding carboxylic acids is 1. The van der Waals surface area contributed by atoms with Crippen molar-refractivity contribution < 1.29 is 22.4 Å². The maximum atomic E-state index is 13.9. The Morgan fingerprint density at radius 2 is 1.90 bits per heavy atom. The van der Waals surface area contributed by atoms with Crippen molar-refractivity contribution in [3.8, 4) is 11.3 Å². The van der Waals surface area contributed by atoms with Gasteiger partial charge in [-0.25, -0.2) is 19.3 Å². The van der Waals surface area contributed by atoms with E-state index in [1.165, 1.54) is 12.4 Å². The molecule has 2 aromatic heterocycles.